The summed E-state index contributed by atoms with van der Waals surface area (Å²) in [6.07, 6.45) is 2.20. The Kier molecular flexibility index (Phi) is 5.56. The number of Topliss-reactive ketones (excluding diaryl/α,β-unsaturated/α-hetero) is 1. The van der Waals surface area contributed by atoms with Crippen molar-refractivity contribution in [3.8, 4) is 0 Å². The molecule has 0 spiro atoms. The fraction of sp³-hybridized carbons (Fsp3) is 0.357. The van der Waals surface area contributed by atoms with Crippen LogP contribution in [-0.4, -0.2) is 26.4 Å². The van der Waals surface area contributed by atoms with E-state index in [1.165, 1.54) is 0 Å². The number of anilines is 1. The smallest absolute Gasteiger partial charge is 0.262 e. The second-order valence-corrected chi connectivity index (χ2v) is 5.79. The van der Waals surface area contributed by atoms with E-state index >= 15 is 0 Å². The predicted molar refractivity (Wildman–Crippen MR) is 78.4 cm³/mol. The maximum atomic E-state index is 13.8. The van der Waals surface area contributed by atoms with Gasteiger partial charge in [-0.05, 0) is 31.0 Å². The Bertz CT molecular complexity index is 679. The molecular weight excluding hydrogens is 327 g/mol. The van der Waals surface area contributed by atoms with Crippen LogP contribution in [0.15, 0.2) is 18.2 Å². The molecule has 1 aromatic rings. The van der Waals surface area contributed by atoms with Gasteiger partial charge in [-0.3, -0.25) is 23.3 Å². The van der Waals surface area contributed by atoms with Crippen LogP contribution in [0.3, 0.4) is 0 Å². The molecule has 1 fully saturated rings. The number of amides is 2. The first-order chi connectivity index (χ1) is 10.9. The summed E-state index contributed by atoms with van der Waals surface area (Å²) in [5.74, 6) is -3.39. The molecule has 0 aliphatic heterocycles. The van der Waals surface area contributed by atoms with Crippen molar-refractivity contribution in [2.24, 2.45) is 5.92 Å². The molecule has 2 N–H and O–H groups in total. The number of ketones is 1. The van der Waals surface area contributed by atoms with Gasteiger partial charge in [-0.1, -0.05) is 6.42 Å². The number of rotatable bonds is 4. The SMILES string of the molecule is O=C(NS(=O)[O-])c1ccc(F)c(NC(=O)C2CCCCC2=O)c1. The maximum Gasteiger partial charge on any atom is 0.262 e. The van der Waals surface area contributed by atoms with Crippen LogP contribution in [0.1, 0.15) is 36.0 Å². The van der Waals surface area contributed by atoms with Gasteiger partial charge in [-0.25, -0.2) is 4.39 Å². The summed E-state index contributed by atoms with van der Waals surface area (Å²) >= 11 is -2.80. The fourth-order valence-corrected chi connectivity index (χ4v) is 2.65. The van der Waals surface area contributed by atoms with Crippen LogP contribution in [0.25, 0.3) is 0 Å². The molecule has 0 bridgehead atoms. The number of hydrogen-bond acceptors (Lipinski definition) is 5. The average molecular weight is 341 g/mol. The first-order valence-electron chi connectivity index (χ1n) is 6.92. The molecule has 2 unspecified atom stereocenters. The molecule has 2 atom stereocenters. The zero-order valence-corrected chi connectivity index (χ0v) is 12.8. The number of halogens is 1. The second-order valence-electron chi connectivity index (χ2n) is 5.11. The standard InChI is InChI=1S/C14H15FN2O5S/c15-10-6-5-8(13(19)17-23(21)22)7-11(10)16-14(20)9-3-1-2-4-12(9)18/h5-7,9H,1-4H2,(H,16,20)(H,17,19)(H,21,22)/p-1. The van der Waals surface area contributed by atoms with Crippen LogP contribution < -0.4 is 10.0 Å². The van der Waals surface area contributed by atoms with Crippen LogP contribution in [-0.2, 0) is 20.9 Å². The molecule has 1 aliphatic carbocycles. The van der Waals surface area contributed by atoms with E-state index in [0.29, 0.717) is 12.8 Å². The lowest BCUT2D eigenvalue weighted by Gasteiger charge is -2.20. The van der Waals surface area contributed by atoms with Gasteiger partial charge < -0.3 is 9.87 Å². The highest BCUT2D eigenvalue weighted by Crippen LogP contribution is 2.23. The van der Waals surface area contributed by atoms with Crippen LogP contribution >= 0.6 is 0 Å². The highest BCUT2D eigenvalue weighted by atomic mass is 32.2. The highest BCUT2D eigenvalue weighted by Gasteiger charge is 2.29. The van der Waals surface area contributed by atoms with Crippen LogP contribution in [0.4, 0.5) is 10.1 Å². The number of benzene rings is 1. The van der Waals surface area contributed by atoms with Crippen molar-refractivity contribution in [3.05, 3.63) is 29.6 Å². The largest absolute Gasteiger partial charge is 0.755 e. The Morgan fingerprint density at radius 1 is 1.30 bits per heavy atom. The van der Waals surface area contributed by atoms with E-state index in [1.807, 2.05) is 0 Å². The van der Waals surface area contributed by atoms with Gasteiger partial charge in [0.15, 0.2) is 0 Å². The summed E-state index contributed by atoms with van der Waals surface area (Å²) in [5, 5.41) is 2.29. The van der Waals surface area contributed by atoms with Crippen molar-refractivity contribution in [3.63, 3.8) is 0 Å². The zero-order chi connectivity index (χ0) is 17.0. The summed E-state index contributed by atoms with van der Waals surface area (Å²) in [7, 11) is 0. The van der Waals surface area contributed by atoms with Crippen molar-refractivity contribution in [1.82, 2.24) is 4.72 Å². The fourth-order valence-electron chi connectivity index (χ4n) is 2.38. The Labute approximate surface area is 134 Å². The molecule has 1 aliphatic rings. The van der Waals surface area contributed by atoms with E-state index in [0.717, 1.165) is 31.0 Å². The van der Waals surface area contributed by atoms with Gasteiger partial charge in [-0.15, -0.1) is 0 Å². The Balaban J connectivity index is 2.15. The van der Waals surface area contributed by atoms with Crippen LogP contribution in [0, 0.1) is 11.7 Å². The maximum absolute atomic E-state index is 13.8. The lowest BCUT2D eigenvalue weighted by atomic mass is 9.87. The average Bonchev–Trinajstić information content (AvgIpc) is 2.49. The normalized spacial score (nSPS) is 19.0. The highest BCUT2D eigenvalue weighted by molar-refractivity contribution is 7.77. The lowest BCUT2D eigenvalue weighted by Crippen LogP contribution is -2.32. The van der Waals surface area contributed by atoms with E-state index in [4.69, 9.17) is 0 Å². The van der Waals surface area contributed by atoms with Gasteiger partial charge in [0.2, 0.25) is 5.91 Å². The molecule has 0 aromatic heterocycles. The molecule has 0 heterocycles. The van der Waals surface area contributed by atoms with Gasteiger partial charge in [0.05, 0.1) is 11.6 Å². The van der Waals surface area contributed by atoms with E-state index < -0.39 is 34.8 Å². The minimum Gasteiger partial charge on any atom is -0.755 e. The van der Waals surface area contributed by atoms with Crippen LogP contribution in [0.5, 0.6) is 0 Å². The van der Waals surface area contributed by atoms with Crippen molar-refractivity contribution >= 4 is 34.6 Å². The Morgan fingerprint density at radius 3 is 2.70 bits per heavy atom. The Hall–Kier alpha value is -2.13. The number of carbonyl (C=O) groups is 3. The molecule has 9 heteroatoms. The molecule has 0 saturated heterocycles. The van der Waals surface area contributed by atoms with Crippen LogP contribution in [0.2, 0.25) is 0 Å². The topological polar surface area (TPSA) is 115 Å². The van der Waals surface area contributed by atoms with E-state index in [9.17, 15) is 27.5 Å². The summed E-state index contributed by atoms with van der Waals surface area (Å²) in [5.41, 5.74) is -0.418. The quantitative estimate of drug-likeness (QED) is 0.627. The third-order valence-corrected chi connectivity index (χ3v) is 3.89. The molecule has 7 nitrogen and oxygen atoms in total. The molecule has 2 rings (SSSR count). The van der Waals surface area contributed by atoms with Gasteiger partial charge in [0.1, 0.15) is 11.6 Å². The predicted octanol–water partition coefficient (Wildman–Crippen LogP) is 1.05. The van der Waals surface area contributed by atoms with Crippen molar-refractivity contribution in [1.29, 1.82) is 0 Å². The summed E-state index contributed by atoms with van der Waals surface area (Å²) < 4.78 is 36.3. The van der Waals surface area contributed by atoms with E-state index in [2.05, 4.69) is 5.32 Å². The first kappa shape index (κ1) is 17.2. The molecule has 0 radical (unpaired) electrons. The number of nitrogens with one attached hydrogen (secondary N) is 2. The molecule has 2 amide bonds. The number of carbonyl (C=O) groups excluding carboxylic acids is 3. The van der Waals surface area contributed by atoms with Gasteiger partial charge in [-0.2, -0.15) is 0 Å². The monoisotopic (exact) mass is 341 g/mol. The molecule has 23 heavy (non-hydrogen) atoms. The van der Waals surface area contributed by atoms with Gasteiger partial charge >= 0.3 is 0 Å². The third kappa shape index (κ3) is 4.42. The van der Waals surface area contributed by atoms with E-state index in [1.54, 1.807) is 4.72 Å². The Morgan fingerprint density at radius 2 is 2.04 bits per heavy atom. The summed E-state index contributed by atoms with van der Waals surface area (Å²) in [6, 6.07) is 3.03. The minimum atomic E-state index is -2.80. The number of hydrogen-bond donors (Lipinski definition) is 2. The zero-order valence-electron chi connectivity index (χ0n) is 12.0. The van der Waals surface area contributed by atoms with E-state index in [-0.39, 0.29) is 17.0 Å². The van der Waals surface area contributed by atoms with Crippen molar-refractivity contribution in [2.75, 3.05) is 5.32 Å². The van der Waals surface area contributed by atoms with Crippen molar-refractivity contribution < 1.29 is 27.5 Å². The molecule has 124 valence electrons. The minimum absolute atomic E-state index is 0.138. The summed E-state index contributed by atoms with van der Waals surface area (Å²) in [4.78, 5) is 35.4. The van der Waals surface area contributed by atoms with Crippen molar-refractivity contribution in [2.45, 2.75) is 25.7 Å². The third-order valence-electron chi connectivity index (χ3n) is 3.53. The lowest BCUT2D eigenvalue weighted by molar-refractivity contribution is -0.132. The summed E-state index contributed by atoms with van der Waals surface area (Å²) in [6.45, 7) is 0. The van der Waals surface area contributed by atoms with Gasteiger partial charge in [0.25, 0.3) is 5.91 Å². The molecular formula is C14H14FN2O5S-. The second kappa shape index (κ2) is 7.42. The molecule has 1 saturated carbocycles. The first-order valence-corrected chi connectivity index (χ1v) is 7.99. The molecule has 1 aromatic carbocycles. The van der Waals surface area contributed by atoms with Gasteiger partial charge in [0, 0.05) is 23.3 Å².